The summed E-state index contributed by atoms with van der Waals surface area (Å²) in [4.78, 5) is 26.9. The van der Waals surface area contributed by atoms with E-state index in [0.717, 1.165) is 49.4 Å². The second-order valence-corrected chi connectivity index (χ2v) is 8.51. The van der Waals surface area contributed by atoms with Crippen molar-refractivity contribution in [2.45, 2.75) is 39.2 Å². The summed E-state index contributed by atoms with van der Waals surface area (Å²) in [6.07, 6.45) is 8.13. The molecule has 5 rings (SSSR count). The van der Waals surface area contributed by atoms with Crippen molar-refractivity contribution in [3.63, 3.8) is 0 Å². The van der Waals surface area contributed by atoms with Gasteiger partial charge >= 0.3 is 5.97 Å². The number of carbonyl (C=O) groups is 1. The molecule has 0 unspecified atom stereocenters. The summed E-state index contributed by atoms with van der Waals surface area (Å²) in [5.74, 6) is -1.34. The maximum absolute atomic E-state index is 14.3. The smallest absolute Gasteiger partial charge is 0.338 e. The fourth-order valence-corrected chi connectivity index (χ4v) is 4.38. The van der Waals surface area contributed by atoms with Gasteiger partial charge in [-0.3, -0.25) is 4.98 Å². The molecule has 9 nitrogen and oxygen atoms in total. The number of carboxylic acid groups (broad SMARTS) is 1. The highest BCUT2D eigenvalue weighted by molar-refractivity contribution is 5.89. The van der Waals surface area contributed by atoms with Crippen LogP contribution < -0.4 is 4.90 Å². The average Bonchev–Trinajstić information content (AvgIpc) is 3.28. The lowest BCUT2D eigenvalue weighted by Crippen LogP contribution is -2.36. The van der Waals surface area contributed by atoms with Crippen molar-refractivity contribution in [2.75, 3.05) is 18.0 Å². The summed E-state index contributed by atoms with van der Waals surface area (Å²) >= 11 is 0. The van der Waals surface area contributed by atoms with Crippen LogP contribution in [0.2, 0.25) is 0 Å². The number of aromatic nitrogens is 6. The van der Waals surface area contributed by atoms with E-state index in [9.17, 15) is 9.18 Å². The molecule has 34 heavy (non-hydrogen) atoms. The van der Waals surface area contributed by atoms with Crippen molar-refractivity contribution in [1.29, 1.82) is 0 Å². The van der Waals surface area contributed by atoms with Crippen LogP contribution in [0.5, 0.6) is 0 Å². The molecular weight excluding hydrogens is 437 g/mol. The monoisotopic (exact) mass is 461 g/mol. The Morgan fingerprint density at radius 3 is 2.53 bits per heavy atom. The molecule has 4 heterocycles. The SMILES string of the molecule is CCc1cnc(N2CCC(n3nnc4cc(-c5cc(F)c(C(=O)O)cc5C)ncc43)CC2)nc1. The minimum Gasteiger partial charge on any atom is -0.478 e. The van der Waals surface area contributed by atoms with Gasteiger partial charge in [0.2, 0.25) is 5.95 Å². The van der Waals surface area contributed by atoms with Crippen LogP contribution in [0.3, 0.4) is 0 Å². The van der Waals surface area contributed by atoms with Crippen molar-refractivity contribution < 1.29 is 14.3 Å². The van der Waals surface area contributed by atoms with E-state index in [1.807, 2.05) is 17.1 Å². The molecular formula is C24H24FN7O2. The second-order valence-electron chi connectivity index (χ2n) is 8.51. The molecule has 10 heteroatoms. The number of piperidine rings is 1. The average molecular weight is 462 g/mol. The van der Waals surface area contributed by atoms with E-state index >= 15 is 0 Å². The molecule has 0 bridgehead atoms. The van der Waals surface area contributed by atoms with Crippen LogP contribution in [0.1, 0.15) is 47.3 Å². The van der Waals surface area contributed by atoms with E-state index in [4.69, 9.17) is 5.11 Å². The van der Waals surface area contributed by atoms with Gasteiger partial charge in [0.05, 0.1) is 23.5 Å². The number of nitrogens with zero attached hydrogens (tertiary/aromatic N) is 7. The molecule has 174 valence electrons. The minimum absolute atomic E-state index is 0.179. The van der Waals surface area contributed by atoms with Gasteiger partial charge in [0, 0.05) is 31.0 Å². The Balaban J connectivity index is 1.35. The predicted octanol–water partition coefficient (Wildman–Crippen LogP) is 3.83. The standard InChI is InChI=1S/C24H24FN7O2/c1-3-15-11-27-24(28-12-15)31-6-4-16(5-7-31)32-22-13-26-20(10-21(22)29-30-32)17-9-19(25)18(23(33)34)8-14(17)2/h8-13,16H,3-7H2,1-2H3,(H,33,34). The van der Waals surface area contributed by atoms with Gasteiger partial charge in [-0.1, -0.05) is 12.1 Å². The zero-order chi connectivity index (χ0) is 23.8. The molecule has 1 saturated heterocycles. The van der Waals surface area contributed by atoms with Gasteiger partial charge in [-0.25, -0.2) is 23.8 Å². The highest BCUT2D eigenvalue weighted by Gasteiger charge is 2.25. The lowest BCUT2D eigenvalue weighted by atomic mass is 10.0. The molecule has 1 aromatic carbocycles. The van der Waals surface area contributed by atoms with Crippen LogP contribution >= 0.6 is 0 Å². The fourth-order valence-electron chi connectivity index (χ4n) is 4.38. The Labute approximate surface area is 195 Å². The van der Waals surface area contributed by atoms with Crippen LogP contribution in [0.15, 0.2) is 36.8 Å². The number of fused-ring (bicyclic) bond motifs is 1. The van der Waals surface area contributed by atoms with Crippen LogP contribution in [0.4, 0.5) is 10.3 Å². The van der Waals surface area contributed by atoms with Crippen molar-refractivity contribution >= 4 is 23.0 Å². The maximum Gasteiger partial charge on any atom is 0.338 e. The number of hydrogen-bond donors (Lipinski definition) is 1. The number of anilines is 1. The third-order valence-corrected chi connectivity index (χ3v) is 6.37. The van der Waals surface area contributed by atoms with Crippen molar-refractivity contribution in [1.82, 2.24) is 29.9 Å². The molecule has 0 atom stereocenters. The molecule has 4 aromatic rings. The van der Waals surface area contributed by atoms with Crippen molar-refractivity contribution in [3.05, 3.63) is 59.3 Å². The van der Waals surface area contributed by atoms with Gasteiger partial charge in [0.1, 0.15) is 16.9 Å². The van der Waals surface area contributed by atoms with E-state index in [1.165, 1.54) is 12.1 Å². The number of rotatable bonds is 5. The molecule has 0 amide bonds. The molecule has 0 aliphatic carbocycles. The Kier molecular flexibility index (Phi) is 5.64. The summed E-state index contributed by atoms with van der Waals surface area (Å²) < 4.78 is 16.2. The molecule has 3 aromatic heterocycles. The number of carboxylic acids is 1. The van der Waals surface area contributed by atoms with E-state index < -0.39 is 11.8 Å². The van der Waals surface area contributed by atoms with Crippen LogP contribution in [0, 0.1) is 12.7 Å². The number of halogens is 1. The number of hydrogen-bond acceptors (Lipinski definition) is 7. The highest BCUT2D eigenvalue weighted by atomic mass is 19.1. The molecule has 0 spiro atoms. The Morgan fingerprint density at radius 2 is 1.85 bits per heavy atom. The van der Waals surface area contributed by atoms with Gasteiger partial charge in [-0.05, 0) is 55.5 Å². The number of benzene rings is 1. The van der Waals surface area contributed by atoms with Gasteiger partial charge in [0.25, 0.3) is 0 Å². The minimum atomic E-state index is -1.30. The lowest BCUT2D eigenvalue weighted by Gasteiger charge is -2.32. The summed E-state index contributed by atoms with van der Waals surface area (Å²) in [6, 6.07) is 4.47. The number of aryl methyl sites for hydroxylation is 2. The van der Waals surface area contributed by atoms with Gasteiger partial charge in [-0.15, -0.1) is 5.10 Å². The molecule has 0 radical (unpaired) electrons. The van der Waals surface area contributed by atoms with Crippen molar-refractivity contribution in [3.8, 4) is 11.3 Å². The molecule has 1 N–H and O–H groups in total. The van der Waals surface area contributed by atoms with Crippen LogP contribution in [-0.4, -0.2) is 54.1 Å². The Bertz CT molecular complexity index is 1360. The maximum atomic E-state index is 14.3. The zero-order valence-electron chi connectivity index (χ0n) is 18.9. The zero-order valence-corrected chi connectivity index (χ0v) is 18.9. The van der Waals surface area contributed by atoms with E-state index in [2.05, 4.69) is 37.1 Å². The summed E-state index contributed by atoms with van der Waals surface area (Å²) in [7, 11) is 0. The number of aromatic carboxylic acids is 1. The lowest BCUT2D eigenvalue weighted by molar-refractivity contribution is 0.0692. The molecule has 0 saturated carbocycles. The van der Waals surface area contributed by atoms with E-state index in [-0.39, 0.29) is 11.6 Å². The normalized spacial score (nSPS) is 14.6. The third-order valence-electron chi connectivity index (χ3n) is 6.37. The van der Waals surface area contributed by atoms with Crippen molar-refractivity contribution in [2.24, 2.45) is 0 Å². The summed E-state index contributed by atoms with van der Waals surface area (Å²) in [5, 5.41) is 17.8. The highest BCUT2D eigenvalue weighted by Crippen LogP contribution is 2.30. The largest absolute Gasteiger partial charge is 0.478 e. The summed E-state index contributed by atoms with van der Waals surface area (Å²) in [5.41, 5.74) is 3.91. The topological polar surface area (TPSA) is 110 Å². The Morgan fingerprint density at radius 1 is 1.12 bits per heavy atom. The third kappa shape index (κ3) is 3.95. The Hall–Kier alpha value is -3.95. The van der Waals surface area contributed by atoms with E-state index in [0.29, 0.717) is 22.3 Å². The first kappa shape index (κ1) is 21.9. The van der Waals surface area contributed by atoms with Gasteiger partial charge < -0.3 is 10.0 Å². The summed E-state index contributed by atoms with van der Waals surface area (Å²) in [6.45, 7) is 5.45. The second kappa shape index (κ2) is 8.77. The van der Waals surface area contributed by atoms with Crippen LogP contribution in [0.25, 0.3) is 22.3 Å². The van der Waals surface area contributed by atoms with Gasteiger partial charge in [0.15, 0.2) is 0 Å². The quantitative estimate of drug-likeness (QED) is 0.477. The fraction of sp³-hybridized carbons (Fsp3) is 0.333. The first-order chi connectivity index (χ1) is 16.4. The van der Waals surface area contributed by atoms with Crippen LogP contribution in [-0.2, 0) is 6.42 Å². The predicted molar refractivity (Wildman–Crippen MR) is 124 cm³/mol. The first-order valence-electron chi connectivity index (χ1n) is 11.2. The molecule has 1 aliphatic heterocycles. The number of pyridine rings is 1. The molecule has 1 aliphatic rings. The molecule has 1 fully saturated rings. The van der Waals surface area contributed by atoms with E-state index in [1.54, 1.807) is 19.2 Å². The van der Waals surface area contributed by atoms with Gasteiger partial charge in [-0.2, -0.15) is 0 Å². The first-order valence-corrected chi connectivity index (χ1v) is 11.2.